The number of aliphatic hydroxyl groups excluding tert-OH is 1. The van der Waals surface area contributed by atoms with E-state index in [0.717, 1.165) is 0 Å². The van der Waals surface area contributed by atoms with Gasteiger partial charge in [0, 0.05) is 24.1 Å². The molecule has 0 saturated carbocycles. The average Bonchev–Trinajstić information content (AvgIpc) is 2.77. The molecule has 84 valence electrons. The van der Waals surface area contributed by atoms with Gasteiger partial charge in [-0.2, -0.15) is 0 Å². The number of hydrogen-bond acceptors (Lipinski definition) is 5. The Balaban J connectivity index is 2.22. The highest BCUT2D eigenvalue weighted by molar-refractivity contribution is 6.01. The number of nitrogens with zero attached hydrogens (tertiary/aromatic N) is 2. The normalized spacial score (nSPS) is 19.1. The quantitative estimate of drug-likeness (QED) is 0.612. The monoisotopic (exact) mass is 222 g/mol. The molecule has 1 aromatic carbocycles. The van der Waals surface area contributed by atoms with Crippen molar-refractivity contribution in [2.24, 2.45) is 5.16 Å². The first-order valence-electron chi connectivity index (χ1n) is 4.79. The fourth-order valence-corrected chi connectivity index (χ4v) is 1.50. The lowest BCUT2D eigenvalue weighted by Gasteiger charge is -2.01. The first-order valence-corrected chi connectivity index (χ1v) is 4.79. The van der Waals surface area contributed by atoms with E-state index in [1.807, 2.05) is 0 Å². The largest absolute Gasteiger partial charge is 0.392 e. The number of aliphatic hydroxyl groups is 1. The van der Waals surface area contributed by atoms with Crippen LogP contribution in [-0.4, -0.2) is 28.5 Å². The van der Waals surface area contributed by atoms with E-state index in [-0.39, 0.29) is 18.4 Å². The molecule has 1 aliphatic rings. The molecular weight excluding hydrogens is 212 g/mol. The van der Waals surface area contributed by atoms with Crippen LogP contribution >= 0.6 is 0 Å². The maximum Gasteiger partial charge on any atom is 0.270 e. The van der Waals surface area contributed by atoms with Crippen molar-refractivity contribution in [1.29, 1.82) is 0 Å². The Hall–Kier alpha value is -1.95. The van der Waals surface area contributed by atoms with Gasteiger partial charge in [0.25, 0.3) is 5.69 Å². The van der Waals surface area contributed by atoms with E-state index in [4.69, 9.17) is 9.94 Å². The van der Waals surface area contributed by atoms with E-state index in [1.165, 1.54) is 12.1 Å². The van der Waals surface area contributed by atoms with Gasteiger partial charge in [-0.05, 0) is 0 Å². The van der Waals surface area contributed by atoms with Crippen LogP contribution in [0.15, 0.2) is 29.4 Å². The van der Waals surface area contributed by atoms with Gasteiger partial charge < -0.3 is 9.94 Å². The molecular formula is C10H10N2O4. The number of nitro groups is 1. The minimum atomic E-state index is -0.455. The van der Waals surface area contributed by atoms with E-state index in [2.05, 4.69) is 5.16 Å². The Morgan fingerprint density at radius 1 is 1.62 bits per heavy atom. The van der Waals surface area contributed by atoms with Crippen molar-refractivity contribution in [3.63, 3.8) is 0 Å². The minimum Gasteiger partial charge on any atom is -0.392 e. The van der Waals surface area contributed by atoms with Gasteiger partial charge in [-0.25, -0.2) is 0 Å². The highest BCUT2D eigenvalue weighted by Gasteiger charge is 2.22. The van der Waals surface area contributed by atoms with Crippen LogP contribution in [0.25, 0.3) is 0 Å². The third-order valence-corrected chi connectivity index (χ3v) is 2.33. The molecule has 1 unspecified atom stereocenters. The molecule has 0 fully saturated rings. The number of oxime groups is 1. The van der Waals surface area contributed by atoms with Crippen molar-refractivity contribution in [2.75, 3.05) is 6.61 Å². The van der Waals surface area contributed by atoms with Crippen LogP contribution in [-0.2, 0) is 4.84 Å². The van der Waals surface area contributed by atoms with Gasteiger partial charge >= 0.3 is 0 Å². The van der Waals surface area contributed by atoms with Gasteiger partial charge in [0.2, 0.25) is 0 Å². The second-order valence-corrected chi connectivity index (χ2v) is 3.46. The molecule has 0 aliphatic carbocycles. The summed E-state index contributed by atoms with van der Waals surface area (Å²) in [6.45, 7) is -0.109. The molecule has 6 nitrogen and oxygen atoms in total. The molecule has 0 aromatic heterocycles. The molecule has 0 radical (unpaired) electrons. The van der Waals surface area contributed by atoms with Gasteiger partial charge in [-0.15, -0.1) is 0 Å². The van der Waals surface area contributed by atoms with E-state index < -0.39 is 4.92 Å². The second kappa shape index (κ2) is 4.28. The smallest absolute Gasteiger partial charge is 0.270 e. The fraction of sp³-hybridized carbons (Fsp3) is 0.300. The first-order chi connectivity index (χ1) is 7.70. The van der Waals surface area contributed by atoms with Gasteiger partial charge in [-0.3, -0.25) is 10.1 Å². The zero-order valence-electron chi connectivity index (χ0n) is 8.37. The van der Waals surface area contributed by atoms with E-state index in [0.29, 0.717) is 17.7 Å². The molecule has 2 rings (SSSR count). The summed E-state index contributed by atoms with van der Waals surface area (Å²) in [5, 5.41) is 23.2. The van der Waals surface area contributed by atoms with Crippen LogP contribution in [0.2, 0.25) is 0 Å². The van der Waals surface area contributed by atoms with Gasteiger partial charge in [-0.1, -0.05) is 17.3 Å². The standard InChI is InChI=1S/C10H10N2O4/c13-6-9-5-10(11-16-9)7-2-1-3-8(4-7)12(14)15/h1-4,9,13H,5-6H2. The molecule has 1 aliphatic heterocycles. The number of rotatable bonds is 3. The van der Waals surface area contributed by atoms with Gasteiger partial charge in [0.05, 0.1) is 17.2 Å². The van der Waals surface area contributed by atoms with Crippen molar-refractivity contribution in [2.45, 2.75) is 12.5 Å². The number of benzene rings is 1. The minimum absolute atomic E-state index is 0.0210. The fourth-order valence-electron chi connectivity index (χ4n) is 1.50. The highest BCUT2D eigenvalue weighted by Crippen LogP contribution is 2.19. The summed E-state index contributed by atoms with van der Waals surface area (Å²) in [6, 6.07) is 6.20. The van der Waals surface area contributed by atoms with Crippen LogP contribution in [0.4, 0.5) is 5.69 Å². The predicted molar refractivity (Wildman–Crippen MR) is 56.2 cm³/mol. The molecule has 0 saturated heterocycles. The summed E-state index contributed by atoms with van der Waals surface area (Å²) in [5.41, 5.74) is 1.31. The molecule has 1 heterocycles. The summed E-state index contributed by atoms with van der Waals surface area (Å²) in [5.74, 6) is 0. The van der Waals surface area contributed by atoms with Crippen LogP contribution < -0.4 is 0 Å². The summed E-state index contributed by atoms with van der Waals surface area (Å²) in [7, 11) is 0. The Morgan fingerprint density at radius 3 is 3.06 bits per heavy atom. The third kappa shape index (κ3) is 2.01. The molecule has 0 spiro atoms. The number of non-ortho nitro benzene ring substituents is 1. The Labute approximate surface area is 91.3 Å². The average molecular weight is 222 g/mol. The second-order valence-electron chi connectivity index (χ2n) is 3.46. The van der Waals surface area contributed by atoms with Crippen molar-refractivity contribution in [3.05, 3.63) is 39.9 Å². The van der Waals surface area contributed by atoms with Crippen LogP contribution in [0.5, 0.6) is 0 Å². The van der Waals surface area contributed by atoms with E-state index in [1.54, 1.807) is 12.1 Å². The zero-order chi connectivity index (χ0) is 11.5. The number of nitro benzene ring substituents is 1. The number of hydrogen-bond donors (Lipinski definition) is 1. The summed E-state index contributed by atoms with van der Waals surface area (Å²) >= 11 is 0. The van der Waals surface area contributed by atoms with Crippen LogP contribution in [0.3, 0.4) is 0 Å². The SMILES string of the molecule is O=[N+]([O-])c1cccc(C2=NOC(CO)C2)c1. The molecule has 16 heavy (non-hydrogen) atoms. The molecule has 1 N–H and O–H groups in total. The van der Waals surface area contributed by atoms with Crippen molar-refractivity contribution >= 4 is 11.4 Å². The van der Waals surface area contributed by atoms with Crippen molar-refractivity contribution in [3.8, 4) is 0 Å². The maximum absolute atomic E-state index is 10.6. The lowest BCUT2D eigenvalue weighted by molar-refractivity contribution is -0.384. The highest BCUT2D eigenvalue weighted by atomic mass is 16.6. The summed E-state index contributed by atoms with van der Waals surface area (Å²) in [6.07, 6.45) is 0.131. The third-order valence-electron chi connectivity index (χ3n) is 2.33. The lowest BCUT2D eigenvalue weighted by atomic mass is 10.0. The van der Waals surface area contributed by atoms with E-state index in [9.17, 15) is 10.1 Å². The molecule has 6 heteroatoms. The van der Waals surface area contributed by atoms with Crippen LogP contribution in [0.1, 0.15) is 12.0 Å². The topological polar surface area (TPSA) is 85.0 Å². The van der Waals surface area contributed by atoms with Crippen LogP contribution in [0, 0.1) is 10.1 Å². The zero-order valence-corrected chi connectivity index (χ0v) is 8.37. The predicted octanol–water partition coefficient (Wildman–Crippen LogP) is 1.08. The van der Waals surface area contributed by atoms with Crippen molar-refractivity contribution < 1.29 is 14.9 Å². The lowest BCUT2D eigenvalue weighted by Crippen LogP contribution is -2.12. The Bertz CT molecular complexity index is 444. The molecule has 0 bridgehead atoms. The Morgan fingerprint density at radius 2 is 2.44 bits per heavy atom. The van der Waals surface area contributed by atoms with E-state index >= 15 is 0 Å². The summed E-state index contributed by atoms with van der Waals surface area (Å²) in [4.78, 5) is 15.1. The van der Waals surface area contributed by atoms with Crippen molar-refractivity contribution in [1.82, 2.24) is 0 Å². The first kappa shape index (κ1) is 10.6. The maximum atomic E-state index is 10.6. The summed E-state index contributed by atoms with van der Waals surface area (Å²) < 4.78 is 0. The molecule has 0 amide bonds. The molecule has 1 atom stereocenters. The molecule has 1 aromatic rings. The van der Waals surface area contributed by atoms with Gasteiger partial charge in [0.15, 0.2) is 6.10 Å². The van der Waals surface area contributed by atoms with Gasteiger partial charge in [0.1, 0.15) is 0 Å². The Kier molecular flexibility index (Phi) is 2.82.